The molecule has 0 bridgehead atoms. The molecule has 2 aromatic carbocycles. The summed E-state index contributed by atoms with van der Waals surface area (Å²) in [5.41, 5.74) is 2.54. The van der Waals surface area contributed by atoms with E-state index in [0.717, 1.165) is 5.56 Å². The maximum absolute atomic E-state index is 11.9. The van der Waals surface area contributed by atoms with Crippen LogP contribution in [-0.2, 0) is 11.2 Å². The van der Waals surface area contributed by atoms with Gasteiger partial charge < -0.3 is 15.7 Å². The minimum absolute atomic E-state index is 0.0479. The number of carbonyl (C=O) groups is 2. The molecule has 0 aliphatic heterocycles. The molecule has 0 unspecified atom stereocenters. The minimum Gasteiger partial charge on any atom is -0.507 e. The third-order valence-electron chi connectivity index (χ3n) is 3.60. The van der Waals surface area contributed by atoms with Crippen LogP contribution >= 0.6 is 0 Å². The molecular weight excluding hydrogens is 304 g/mol. The average molecular weight is 326 g/mol. The Balaban J connectivity index is 1.66. The van der Waals surface area contributed by atoms with Gasteiger partial charge in [-0.3, -0.25) is 9.59 Å². The molecule has 2 rings (SSSR count). The lowest BCUT2D eigenvalue weighted by atomic mass is 10.1. The van der Waals surface area contributed by atoms with Gasteiger partial charge in [0.25, 0.3) is 5.91 Å². The number of hydrogen-bond acceptors (Lipinski definition) is 3. The Morgan fingerprint density at radius 2 is 1.75 bits per heavy atom. The fourth-order valence-corrected chi connectivity index (χ4v) is 2.35. The number of hydrogen-bond donors (Lipinski definition) is 3. The minimum atomic E-state index is -0.359. The highest BCUT2D eigenvalue weighted by Gasteiger charge is 2.09. The molecule has 0 saturated heterocycles. The summed E-state index contributed by atoms with van der Waals surface area (Å²) in [6.07, 6.45) is 1.11. The Morgan fingerprint density at radius 1 is 1.00 bits per heavy atom. The predicted molar refractivity (Wildman–Crippen MR) is 92.9 cm³/mol. The number of amides is 2. The molecule has 5 nitrogen and oxygen atoms in total. The van der Waals surface area contributed by atoms with Crippen LogP contribution in [0.2, 0.25) is 0 Å². The summed E-state index contributed by atoms with van der Waals surface area (Å²) in [5, 5.41) is 15.0. The van der Waals surface area contributed by atoms with E-state index in [1.54, 1.807) is 18.2 Å². The molecule has 0 fully saturated rings. The quantitative estimate of drug-likeness (QED) is 0.682. The van der Waals surface area contributed by atoms with Gasteiger partial charge in [-0.25, -0.2) is 0 Å². The molecule has 2 aromatic rings. The van der Waals surface area contributed by atoms with Gasteiger partial charge in [0.15, 0.2) is 0 Å². The van der Waals surface area contributed by atoms with Gasteiger partial charge in [-0.2, -0.15) is 0 Å². The van der Waals surface area contributed by atoms with Crippen LogP contribution in [0.3, 0.4) is 0 Å². The van der Waals surface area contributed by atoms with E-state index in [4.69, 9.17) is 0 Å². The predicted octanol–water partition coefficient (Wildman–Crippen LogP) is 2.18. The molecule has 0 aromatic heterocycles. The van der Waals surface area contributed by atoms with E-state index in [1.165, 1.54) is 11.6 Å². The summed E-state index contributed by atoms with van der Waals surface area (Å²) < 4.78 is 0. The smallest absolute Gasteiger partial charge is 0.255 e. The number of para-hydroxylation sites is 1. The highest BCUT2D eigenvalue weighted by molar-refractivity contribution is 5.96. The Kier molecular flexibility index (Phi) is 6.37. The first-order valence-corrected chi connectivity index (χ1v) is 7.94. The van der Waals surface area contributed by atoms with Crippen molar-refractivity contribution >= 4 is 11.8 Å². The lowest BCUT2D eigenvalue weighted by Crippen LogP contribution is -2.34. The summed E-state index contributed by atoms with van der Waals surface area (Å²) in [6.45, 7) is 2.69. The number of aromatic hydroxyl groups is 1. The molecule has 0 aliphatic rings. The van der Waals surface area contributed by atoms with E-state index in [9.17, 15) is 14.7 Å². The van der Waals surface area contributed by atoms with Crippen LogP contribution in [0.4, 0.5) is 0 Å². The lowest BCUT2D eigenvalue weighted by molar-refractivity contribution is -0.121. The number of benzene rings is 2. The van der Waals surface area contributed by atoms with Gasteiger partial charge in [0.1, 0.15) is 5.75 Å². The molecule has 0 aliphatic carbocycles. The first kappa shape index (κ1) is 17.5. The zero-order valence-electron chi connectivity index (χ0n) is 13.7. The number of aryl methyl sites for hydroxylation is 2. The molecule has 0 radical (unpaired) electrons. The molecule has 0 spiro atoms. The summed E-state index contributed by atoms with van der Waals surface area (Å²) >= 11 is 0. The largest absolute Gasteiger partial charge is 0.507 e. The molecule has 5 heteroatoms. The lowest BCUT2D eigenvalue weighted by Gasteiger charge is -2.08. The van der Waals surface area contributed by atoms with Gasteiger partial charge in [-0.15, -0.1) is 0 Å². The summed E-state index contributed by atoms with van der Waals surface area (Å²) in [4.78, 5) is 23.7. The van der Waals surface area contributed by atoms with Gasteiger partial charge >= 0.3 is 0 Å². The molecule has 3 N–H and O–H groups in total. The van der Waals surface area contributed by atoms with E-state index in [2.05, 4.69) is 16.7 Å². The topological polar surface area (TPSA) is 78.4 Å². The molecule has 126 valence electrons. The van der Waals surface area contributed by atoms with Crippen molar-refractivity contribution in [2.24, 2.45) is 0 Å². The molecular formula is C19H22N2O3. The Morgan fingerprint density at radius 3 is 2.50 bits per heavy atom. The van der Waals surface area contributed by atoms with Crippen molar-refractivity contribution in [3.8, 4) is 5.75 Å². The van der Waals surface area contributed by atoms with Crippen molar-refractivity contribution in [1.82, 2.24) is 10.6 Å². The number of carbonyl (C=O) groups excluding carboxylic acids is 2. The van der Waals surface area contributed by atoms with Gasteiger partial charge in [0.2, 0.25) is 5.91 Å². The van der Waals surface area contributed by atoms with Crippen molar-refractivity contribution in [3.05, 3.63) is 65.2 Å². The summed E-state index contributed by atoms with van der Waals surface area (Å²) in [7, 11) is 0. The first-order valence-electron chi connectivity index (χ1n) is 7.94. The fraction of sp³-hybridized carbons (Fsp3) is 0.263. The van der Waals surface area contributed by atoms with Crippen LogP contribution in [0.1, 0.15) is 27.9 Å². The second kappa shape index (κ2) is 8.72. The average Bonchev–Trinajstić information content (AvgIpc) is 2.57. The van der Waals surface area contributed by atoms with Crippen molar-refractivity contribution in [1.29, 1.82) is 0 Å². The van der Waals surface area contributed by atoms with Crippen molar-refractivity contribution < 1.29 is 14.7 Å². The fourth-order valence-electron chi connectivity index (χ4n) is 2.35. The highest BCUT2D eigenvalue weighted by Crippen LogP contribution is 2.14. The van der Waals surface area contributed by atoms with Gasteiger partial charge in [-0.05, 0) is 31.0 Å². The van der Waals surface area contributed by atoms with Crippen molar-refractivity contribution in [2.45, 2.75) is 19.8 Å². The van der Waals surface area contributed by atoms with Crippen LogP contribution in [0.5, 0.6) is 5.75 Å². The standard InChI is InChI=1S/C19H22N2O3/c1-14-5-4-6-15(13-14)9-10-18(23)20-11-12-21-19(24)16-7-2-3-8-17(16)22/h2-8,13,22H,9-12H2,1H3,(H,20,23)(H,21,24). The van der Waals surface area contributed by atoms with E-state index in [0.29, 0.717) is 25.9 Å². The zero-order chi connectivity index (χ0) is 17.4. The second-order valence-electron chi connectivity index (χ2n) is 5.61. The third-order valence-corrected chi connectivity index (χ3v) is 3.60. The van der Waals surface area contributed by atoms with Crippen LogP contribution in [0.25, 0.3) is 0 Å². The van der Waals surface area contributed by atoms with Crippen LogP contribution in [-0.4, -0.2) is 30.0 Å². The number of nitrogens with one attached hydrogen (secondary N) is 2. The third kappa shape index (κ3) is 5.43. The molecule has 0 saturated carbocycles. The number of phenols is 1. The van der Waals surface area contributed by atoms with E-state index in [1.807, 2.05) is 25.1 Å². The molecule has 0 atom stereocenters. The summed E-state index contributed by atoms with van der Waals surface area (Å²) in [6, 6.07) is 14.4. The Hall–Kier alpha value is -2.82. The van der Waals surface area contributed by atoms with Gasteiger partial charge in [-0.1, -0.05) is 42.0 Å². The van der Waals surface area contributed by atoms with E-state index >= 15 is 0 Å². The van der Waals surface area contributed by atoms with E-state index < -0.39 is 0 Å². The van der Waals surface area contributed by atoms with Crippen LogP contribution in [0.15, 0.2) is 48.5 Å². The maximum Gasteiger partial charge on any atom is 0.255 e. The monoisotopic (exact) mass is 326 g/mol. The Labute approximate surface area is 141 Å². The number of rotatable bonds is 7. The van der Waals surface area contributed by atoms with Gasteiger partial charge in [0, 0.05) is 19.5 Å². The zero-order valence-corrected chi connectivity index (χ0v) is 13.7. The van der Waals surface area contributed by atoms with Gasteiger partial charge in [0.05, 0.1) is 5.56 Å². The highest BCUT2D eigenvalue weighted by atomic mass is 16.3. The van der Waals surface area contributed by atoms with Crippen LogP contribution < -0.4 is 10.6 Å². The molecule has 2 amide bonds. The van der Waals surface area contributed by atoms with Crippen molar-refractivity contribution in [2.75, 3.05) is 13.1 Å². The van der Waals surface area contributed by atoms with Crippen molar-refractivity contribution in [3.63, 3.8) is 0 Å². The second-order valence-corrected chi connectivity index (χ2v) is 5.61. The normalized spacial score (nSPS) is 10.2. The van der Waals surface area contributed by atoms with Crippen LogP contribution in [0, 0.1) is 6.92 Å². The molecule has 24 heavy (non-hydrogen) atoms. The molecule has 0 heterocycles. The van der Waals surface area contributed by atoms with E-state index in [-0.39, 0.29) is 23.1 Å². The Bertz CT molecular complexity index is 713. The number of phenolic OH excluding ortho intramolecular Hbond substituents is 1. The summed E-state index contributed by atoms with van der Waals surface area (Å²) in [5.74, 6) is -0.465. The maximum atomic E-state index is 11.9. The SMILES string of the molecule is Cc1cccc(CCC(=O)NCCNC(=O)c2ccccc2O)c1. The first-order chi connectivity index (χ1) is 11.6.